The van der Waals surface area contributed by atoms with E-state index in [1.165, 1.54) is 58.4 Å². The van der Waals surface area contributed by atoms with Gasteiger partial charge in [0.05, 0.1) is 0 Å². The minimum Gasteiger partial charge on any atom is -0.317 e. The van der Waals surface area contributed by atoms with Gasteiger partial charge in [0.1, 0.15) is 0 Å². The molecule has 0 aromatic carbocycles. The van der Waals surface area contributed by atoms with Gasteiger partial charge in [0.25, 0.3) is 0 Å². The number of nitrogens with one attached hydrogen (secondary N) is 1. The van der Waals surface area contributed by atoms with Gasteiger partial charge in [-0.2, -0.15) is 0 Å². The summed E-state index contributed by atoms with van der Waals surface area (Å²) < 4.78 is 0. The molecular weight excluding hydrogens is 210 g/mol. The Bertz CT molecular complexity index is 220. The first-order chi connectivity index (χ1) is 8.31. The lowest BCUT2D eigenvalue weighted by Crippen LogP contribution is -2.52. The van der Waals surface area contributed by atoms with Gasteiger partial charge in [-0.25, -0.2) is 0 Å². The summed E-state index contributed by atoms with van der Waals surface area (Å²) in [6.45, 7) is 9.75. The summed E-state index contributed by atoms with van der Waals surface area (Å²) in [5, 5.41) is 3.42. The zero-order valence-electron chi connectivity index (χ0n) is 11.6. The van der Waals surface area contributed by atoms with Gasteiger partial charge in [-0.1, -0.05) is 6.92 Å². The van der Waals surface area contributed by atoms with Crippen molar-refractivity contribution in [2.24, 2.45) is 5.92 Å². The maximum Gasteiger partial charge on any atom is 0.0145 e. The lowest BCUT2D eigenvalue weighted by Gasteiger charge is -2.46. The van der Waals surface area contributed by atoms with Crippen molar-refractivity contribution in [1.29, 1.82) is 0 Å². The molecule has 0 aliphatic carbocycles. The predicted octanol–water partition coefficient (Wildman–Crippen LogP) is 1.40. The molecule has 2 heterocycles. The van der Waals surface area contributed by atoms with E-state index in [-0.39, 0.29) is 0 Å². The minimum atomic E-state index is 0.883. The molecule has 0 amide bonds. The van der Waals surface area contributed by atoms with E-state index in [0.717, 1.165) is 18.5 Å². The van der Waals surface area contributed by atoms with Crippen LogP contribution in [0.4, 0.5) is 0 Å². The summed E-state index contributed by atoms with van der Waals surface area (Å²) in [4.78, 5) is 5.29. The van der Waals surface area contributed by atoms with Crippen molar-refractivity contribution in [3.8, 4) is 0 Å². The zero-order valence-corrected chi connectivity index (χ0v) is 11.6. The van der Waals surface area contributed by atoms with Crippen LogP contribution < -0.4 is 5.32 Å². The molecule has 0 saturated carbocycles. The molecule has 0 aromatic heterocycles. The van der Waals surface area contributed by atoms with Gasteiger partial charge in [0.15, 0.2) is 0 Å². The van der Waals surface area contributed by atoms with Crippen molar-refractivity contribution >= 4 is 0 Å². The summed E-state index contributed by atoms with van der Waals surface area (Å²) in [7, 11) is 2.32. The first-order valence-corrected chi connectivity index (χ1v) is 7.44. The Balaban J connectivity index is 1.70. The smallest absolute Gasteiger partial charge is 0.0145 e. The maximum absolute atomic E-state index is 3.42. The van der Waals surface area contributed by atoms with Gasteiger partial charge in [0.2, 0.25) is 0 Å². The van der Waals surface area contributed by atoms with E-state index in [0.29, 0.717) is 0 Å². The van der Waals surface area contributed by atoms with Gasteiger partial charge in [0, 0.05) is 12.6 Å². The second kappa shape index (κ2) is 6.72. The van der Waals surface area contributed by atoms with Crippen molar-refractivity contribution in [3.05, 3.63) is 0 Å². The Kier molecular flexibility index (Phi) is 5.26. The molecule has 3 nitrogen and oxygen atoms in total. The molecule has 0 radical (unpaired) electrons. The SMILES string of the molecule is CCNCCCN1CCC2C(CCCN2C)C1. The van der Waals surface area contributed by atoms with Crippen LogP contribution in [0, 0.1) is 5.92 Å². The van der Waals surface area contributed by atoms with Crippen LogP contribution in [-0.2, 0) is 0 Å². The third kappa shape index (κ3) is 3.67. The maximum atomic E-state index is 3.42. The van der Waals surface area contributed by atoms with Gasteiger partial charge >= 0.3 is 0 Å². The van der Waals surface area contributed by atoms with Crippen molar-refractivity contribution in [1.82, 2.24) is 15.1 Å². The highest BCUT2D eigenvalue weighted by Gasteiger charge is 2.33. The number of fused-ring (bicyclic) bond motifs is 1. The van der Waals surface area contributed by atoms with Crippen LogP contribution in [0.25, 0.3) is 0 Å². The number of likely N-dealkylation sites (tertiary alicyclic amines) is 2. The third-order valence-electron chi connectivity index (χ3n) is 4.51. The van der Waals surface area contributed by atoms with E-state index in [9.17, 15) is 0 Å². The topological polar surface area (TPSA) is 18.5 Å². The third-order valence-corrected chi connectivity index (χ3v) is 4.51. The summed E-state index contributed by atoms with van der Waals surface area (Å²) in [5.74, 6) is 0.946. The molecule has 17 heavy (non-hydrogen) atoms. The number of hydrogen-bond donors (Lipinski definition) is 1. The molecule has 2 aliphatic heterocycles. The molecule has 2 saturated heterocycles. The second-order valence-electron chi connectivity index (χ2n) is 5.75. The summed E-state index contributed by atoms with van der Waals surface area (Å²) in [5.41, 5.74) is 0. The first kappa shape index (κ1) is 13.3. The molecular formula is C14H29N3. The van der Waals surface area contributed by atoms with Gasteiger partial charge in [-0.3, -0.25) is 0 Å². The quantitative estimate of drug-likeness (QED) is 0.732. The van der Waals surface area contributed by atoms with Gasteiger partial charge < -0.3 is 15.1 Å². The van der Waals surface area contributed by atoms with E-state index in [2.05, 4.69) is 29.1 Å². The van der Waals surface area contributed by atoms with Crippen LogP contribution >= 0.6 is 0 Å². The fourth-order valence-electron chi connectivity index (χ4n) is 3.54. The monoisotopic (exact) mass is 239 g/mol. The summed E-state index contributed by atoms with van der Waals surface area (Å²) in [6, 6.07) is 0.883. The highest BCUT2D eigenvalue weighted by Crippen LogP contribution is 2.29. The number of rotatable bonds is 5. The molecule has 2 unspecified atom stereocenters. The standard InChI is InChI=1S/C14H29N3/c1-3-15-8-5-10-17-11-7-14-13(12-17)6-4-9-16(14)2/h13-15H,3-12H2,1-2H3. The van der Waals surface area contributed by atoms with Crippen molar-refractivity contribution in [3.63, 3.8) is 0 Å². The van der Waals surface area contributed by atoms with E-state index in [4.69, 9.17) is 0 Å². The van der Waals surface area contributed by atoms with Crippen molar-refractivity contribution in [2.75, 3.05) is 46.3 Å². The summed E-state index contributed by atoms with van der Waals surface area (Å²) >= 11 is 0. The largest absolute Gasteiger partial charge is 0.317 e. The van der Waals surface area contributed by atoms with E-state index < -0.39 is 0 Å². The molecule has 2 fully saturated rings. The molecule has 3 heteroatoms. The van der Waals surface area contributed by atoms with E-state index in [1.54, 1.807) is 0 Å². The molecule has 2 rings (SSSR count). The van der Waals surface area contributed by atoms with Crippen LogP contribution in [0.1, 0.15) is 32.6 Å². The average Bonchev–Trinajstić information content (AvgIpc) is 2.35. The second-order valence-corrected chi connectivity index (χ2v) is 5.75. The Labute approximate surface area is 107 Å². The molecule has 1 N–H and O–H groups in total. The Morgan fingerprint density at radius 3 is 2.94 bits per heavy atom. The molecule has 100 valence electrons. The first-order valence-electron chi connectivity index (χ1n) is 7.44. The number of piperidine rings is 2. The Morgan fingerprint density at radius 2 is 2.12 bits per heavy atom. The van der Waals surface area contributed by atoms with Crippen LogP contribution in [0.3, 0.4) is 0 Å². The number of hydrogen-bond acceptors (Lipinski definition) is 3. The van der Waals surface area contributed by atoms with Crippen molar-refractivity contribution in [2.45, 2.75) is 38.6 Å². The molecule has 2 atom stereocenters. The lowest BCUT2D eigenvalue weighted by molar-refractivity contribution is 0.0383. The molecule has 0 spiro atoms. The molecule has 0 bridgehead atoms. The van der Waals surface area contributed by atoms with E-state index in [1.807, 2.05) is 0 Å². The van der Waals surface area contributed by atoms with Crippen LogP contribution in [-0.4, -0.2) is 62.2 Å². The highest BCUT2D eigenvalue weighted by molar-refractivity contribution is 4.89. The Hall–Kier alpha value is -0.120. The fourth-order valence-corrected chi connectivity index (χ4v) is 3.54. The van der Waals surface area contributed by atoms with Crippen molar-refractivity contribution < 1.29 is 0 Å². The fraction of sp³-hybridized carbons (Fsp3) is 1.00. The zero-order chi connectivity index (χ0) is 12.1. The lowest BCUT2D eigenvalue weighted by atomic mass is 9.84. The number of nitrogens with zero attached hydrogens (tertiary/aromatic N) is 2. The molecule has 2 aliphatic rings. The van der Waals surface area contributed by atoms with E-state index >= 15 is 0 Å². The van der Waals surface area contributed by atoms with Gasteiger partial charge in [-0.15, -0.1) is 0 Å². The minimum absolute atomic E-state index is 0.883. The average molecular weight is 239 g/mol. The normalized spacial score (nSPS) is 31.4. The highest BCUT2D eigenvalue weighted by atomic mass is 15.2. The van der Waals surface area contributed by atoms with Crippen LogP contribution in [0.15, 0.2) is 0 Å². The summed E-state index contributed by atoms with van der Waals surface area (Å²) in [6.07, 6.45) is 5.56. The molecule has 0 aromatic rings. The van der Waals surface area contributed by atoms with Crippen LogP contribution in [0.2, 0.25) is 0 Å². The van der Waals surface area contributed by atoms with Gasteiger partial charge in [-0.05, 0) is 71.4 Å². The Morgan fingerprint density at radius 1 is 1.24 bits per heavy atom. The van der Waals surface area contributed by atoms with Crippen LogP contribution in [0.5, 0.6) is 0 Å². The predicted molar refractivity (Wildman–Crippen MR) is 73.4 cm³/mol.